The summed E-state index contributed by atoms with van der Waals surface area (Å²) in [5.41, 5.74) is 1.47. The van der Waals surface area contributed by atoms with Gasteiger partial charge in [-0.15, -0.1) is 0 Å². The third-order valence-electron chi connectivity index (χ3n) is 2.92. The van der Waals surface area contributed by atoms with Crippen LogP contribution in [0.25, 0.3) is 0 Å². The minimum Gasteiger partial charge on any atom is -0.369 e. The van der Waals surface area contributed by atoms with E-state index in [1.807, 2.05) is 25.7 Å². The van der Waals surface area contributed by atoms with Crippen molar-refractivity contribution >= 4 is 17.6 Å². The van der Waals surface area contributed by atoms with Crippen molar-refractivity contribution in [2.45, 2.75) is 13.3 Å². The molecule has 1 aliphatic rings. The van der Waals surface area contributed by atoms with E-state index < -0.39 is 0 Å². The highest BCUT2D eigenvalue weighted by Crippen LogP contribution is 2.24. The molecule has 5 heteroatoms. The molecule has 1 unspecified atom stereocenters. The highest BCUT2D eigenvalue weighted by Gasteiger charge is 2.17. The molecule has 1 fully saturated rings. The van der Waals surface area contributed by atoms with E-state index in [1.165, 1.54) is 17.9 Å². The topological polar surface area (TPSA) is 53.6 Å². The zero-order valence-corrected chi connectivity index (χ0v) is 10.5. The molecule has 86 valence electrons. The molecule has 1 N–H and O–H groups in total. The second kappa shape index (κ2) is 4.79. The molecule has 1 aliphatic heterocycles. The first-order chi connectivity index (χ1) is 7.72. The summed E-state index contributed by atoms with van der Waals surface area (Å²) in [6.07, 6.45) is 1.27. The summed E-state index contributed by atoms with van der Waals surface area (Å²) in [6, 6.07) is 2.21. The van der Waals surface area contributed by atoms with Gasteiger partial charge < -0.3 is 5.32 Å². The van der Waals surface area contributed by atoms with E-state index in [0.717, 1.165) is 24.0 Å². The second-order valence-electron chi connectivity index (χ2n) is 4.15. The fourth-order valence-corrected chi connectivity index (χ4v) is 3.26. The van der Waals surface area contributed by atoms with Crippen LogP contribution in [0.2, 0.25) is 0 Å². The standard InChI is InChI=1S/C11H16N4S/c1-8-10(5-12)11(15(2)14-8)13-6-9-3-4-16-7-9/h9,13H,3-4,6-7H2,1-2H3. The third kappa shape index (κ3) is 2.17. The average Bonchev–Trinajstić information content (AvgIpc) is 2.83. The van der Waals surface area contributed by atoms with E-state index in [0.29, 0.717) is 5.56 Å². The number of aryl methyl sites for hydroxylation is 2. The van der Waals surface area contributed by atoms with Crippen LogP contribution in [-0.2, 0) is 7.05 Å². The molecule has 0 spiro atoms. The Morgan fingerprint density at radius 2 is 2.50 bits per heavy atom. The van der Waals surface area contributed by atoms with Crippen molar-refractivity contribution in [2.24, 2.45) is 13.0 Å². The zero-order valence-electron chi connectivity index (χ0n) is 9.66. The Kier molecular flexibility index (Phi) is 3.39. The molecule has 4 nitrogen and oxygen atoms in total. The lowest BCUT2D eigenvalue weighted by molar-refractivity contribution is 0.625. The number of aromatic nitrogens is 2. The highest BCUT2D eigenvalue weighted by atomic mass is 32.2. The quantitative estimate of drug-likeness (QED) is 0.869. The lowest BCUT2D eigenvalue weighted by Gasteiger charge is -2.11. The number of hydrogen-bond donors (Lipinski definition) is 1. The monoisotopic (exact) mass is 236 g/mol. The third-order valence-corrected chi connectivity index (χ3v) is 4.15. The van der Waals surface area contributed by atoms with Crippen molar-refractivity contribution in [3.05, 3.63) is 11.3 Å². The van der Waals surface area contributed by atoms with Crippen molar-refractivity contribution in [3.63, 3.8) is 0 Å². The smallest absolute Gasteiger partial charge is 0.142 e. The molecule has 0 bridgehead atoms. The Morgan fingerprint density at radius 3 is 3.12 bits per heavy atom. The molecule has 1 aromatic heterocycles. The Morgan fingerprint density at radius 1 is 1.69 bits per heavy atom. The number of nitriles is 1. The minimum absolute atomic E-state index is 0.674. The van der Waals surface area contributed by atoms with Crippen LogP contribution in [0.3, 0.4) is 0 Å². The molecule has 0 aromatic carbocycles. The van der Waals surface area contributed by atoms with Gasteiger partial charge in [-0.05, 0) is 30.8 Å². The molecule has 0 saturated carbocycles. The first kappa shape index (κ1) is 11.3. The second-order valence-corrected chi connectivity index (χ2v) is 5.30. The molecule has 0 amide bonds. The Hall–Kier alpha value is -1.15. The molecule has 2 heterocycles. The molecule has 1 atom stereocenters. The van der Waals surface area contributed by atoms with Crippen LogP contribution in [-0.4, -0.2) is 27.8 Å². The predicted molar refractivity (Wildman–Crippen MR) is 66.6 cm³/mol. The first-order valence-corrected chi connectivity index (χ1v) is 6.63. The van der Waals surface area contributed by atoms with Gasteiger partial charge in [0.05, 0.1) is 5.69 Å². The largest absolute Gasteiger partial charge is 0.369 e. The van der Waals surface area contributed by atoms with Crippen molar-refractivity contribution in [2.75, 3.05) is 23.4 Å². The summed E-state index contributed by atoms with van der Waals surface area (Å²) in [6.45, 7) is 2.82. The van der Waals surface area contributed by atoms with Gasteiger partial charge in [0.15, 0.2) is 0 Å². The zero-order chi connectivity index (χ0) is 11.5. The Bertz CT molecular complexity index is 412. The van der Waals surface area contributed by atoms with Crippen LogP contribution in [0.1, 0.15) is 17.7 Å². The lowest BCUT2D eigenvalue weighted by atomic mass is 10.1. The number of nitrogens with zero attached hydrogens (tertiary/aromatic N) is 3. The molecule has 0 radical (unpaired) electrons. The maximum atomic E-state index is 9.06. The van der Waals surface area contributed by atoms with E-state index in [1.54, 1.807) is 4.68 Å². The number of thioether (sulfide) groups is 1. The van der Waals surface area contributed by atoms with E-state index in [4.69, 9.17) is 5.26 Å². The van der Waals surface area contributed by atoms with E-state index in [2.05, 4.69) is 16.5 Å². The SMILES string of the molecule is Cc1nn(C)c(NCC2CCSC2)c1C#N. The van der Waals surface area contributed by atoms with Crippen LogP contribution < -0.4 is 5.32 Å². The van der Waals surface area contributed by atoms with Gasteiger partial charge in [-0.2, -0.15) is 22.1 Å². The van der Waals surface area contributed by atoms with Gasteiger partial charge in [-0.25, -0.2) is 0 Å². The number of anilines is 1. The average molecular weight is 236 g/mol. The van der Waals surface area contributed by atoms with Gasteiger partial charge in [0.2, 0.25) is 0 Å². The Balaban J connectivity index is 2.06. The summed E-state index contributed by atoms with van der Waals surface area (Å²) in [5, 5.41) is 16.7. The van der Waals surface area contributed by atoms with E-state index in [9.17, 15) is 0 Å². The lowest BCUT2D eigenvalue weighted by Crippen LogP contribution is -2.16. The first-order valence-electron chi connectivity index (χ1n) is 5.47. The van der Waals surface area contributed by atoms with E-state index >= 15 is 0 Å². The number of rotatable bonds is 3. The molecule has 0 aliphatic carbocycles. The van der Waals surface area contributed by atoms with Crippen molar-refractivity contribution in [3.8, 4) is 6.07 Å². The maximum absolute atomic E-state index is 9.06. The van der Waals surface area contributed by atoms with Crippen LogP contribution in [0.15, 0.2) is 0 Å². The molecule has 1 aromatic rings. The van der Waals surface area contributed by atoms with Gasteiger partial charge in [0.25, 0.3) is 0 Å². The fourth-order valence-electron chi connectivity index (χ4n) is 1.98. The van der Waals surface area contributed by atoms with Crippen LogP contribution >= 0.6 is 11.8 Å². The van der Waals surface area contributed by atoms with Crippen molar-refractivity contribution in [1.82, 2.24) is 9.78 Å². The summed E-state index contributed by atoms with van der Waals surface area (Å²) >= 11 is 2.01. The summed E-state index contributed by atoms with van der Waals surface area (Å²) in [7, 11) is 1.87. The van der Waals surface area contributed by atoms with Crippen LogP contribution in [0.4, 0.5) is 5.82 Å². The van der Waals surface area contributed by atoms with Crippen molar-refractivity contribution in [1.29, 1.82) is 5.26 Å². The van der Waals surface area contributed by atoms with Crippen LogP contribution in [0, 0.1) is 24.2 Å². The highest BCUT2D eigenvalue weighted by molar-refractivity contribution is 7.99. The van der Waals surface area contributed by atoms with Crippen molar-refractivity contribution < 1.29 is 0 Å². The normalized spacial score (nSPS) is 19.7. The maximum Gasteiger partial charge on any atom is 0.142 e. The number of hydrogen-bond acceptors (Lipinski definition) is 4. The van der Waals surface area contributed by atoms with Gasteiger partial charge in [-0.3, -0.25) is 4.68 Å². The molecular weight excluding hydrogens is 220 g/mol. The summed E-state index contributed by atoms with van der Waals surface area (Å²) < 4.78 is 1.76. The Labute approximate surface area is 100 Å². The molecule has 16 heavy (non-hydrogen) atoms. The van der Waals surface area contributed by atoms with Gasteiger partial charge in [0.1, 0.15) is 17.5 Å². The van der Waals surface area contributed by atoms with E-state index in [-0.39, 0.29) is 0 Å². The van der Waals surface area contributed by atoms with Gasteiger partial charge in [0, 0.05) is 13.6 Å². The van der Waals surface area contributed by atoms with Crippen LogP contribution in [0.5, 0.6) is 0 Å². The predicted octanol–water partition coefficient (Wildman–Crippen LogP) is 1.77. The fraction of sp³-hybridized carbons (Fsp3) is 0.636. The van der Waals surface area contributed by atoms with Gasteiger partial charge in [-0.1, -0.05) is 0 Å². The summed E-state index contributed by atoms with van der Waals surface area (Å²) in [4.78, 5) is 0. The summed E-state index contributed by atoms with van der Waals surface area (Å²) in [5.74, 6) is 4.08. The molecular formula is C11H16N4S. The number of nitrogens with one attached hydrogen (secondary N) is 1. The minimum atomic E-state index is 0.674. The molecule has 1 saturated heterocycles. The van der Waals surface area contributed by atoms with Gasteiger partial charge >= 0.3 is 0 Å². The molecule has 2 rings (SSSR count).